The molecule has 0 radical (unpaired) electrons. The fourth-order valence-corrected chi connectivity index (χ4v) is 3.78. The van der Waals surface area contributed by atoms with Gasteiger partial charge in [0.05, 0.1) is 6.04 Å². The first-order valence-electron chi connectivity index (χ1n) is 7.92. The highest BCUT2D eigenvalue weighted by molar-refractivity contribution is 5.82. The average Bonchev–Trinajstić information content (AvgIpc) is 2.90. The summed E-state index contributed by atoms with van der Waals surface area (Å²) in [6.45, 7) is 0.542. The molecule has 1 amide bonds. The Hall–Kier alpha value is -1.55. The van der Waals surface area contributed by atoms with Gasteiger partial charge in [-0.2, -0.15) is 0 Å². The molecule has 21 heavy (non-hydrogen) atoms. The SMILES string of the molecule is CN(Cc1cccc(O)c1)C(=O)C1CC2CCCCC2N1. The van der Waals surface area contributed by atoms with Crippen LogP contribution < -0.4 is 5.32 Å². The van der Waals surface area contributed by atoms with Crippen LogP contribution in [0.2, 0.25) is 0 Å². The molecule has 0 bridgehead atoms. The number of phenols is 1. The van der Waals surface area contributed by atoms with Gasteiger partial charge in [0.15, 0.2) is 0 Å². The summed E-state index contributed by atoms with van der Waals surface area (Å²) >= 11 is 0. The van der Waals surface area contributed by atoms with Crippen LogP contribution in [0.4, 0.5) is 0 Å². The number of likely N-dealkylation sites (N-methyl/N-ethyl adjacent to an activating group) is 1. The van der Waals surface area contributed by atoms with Crippen molar-refractivity contribution in [3.63, 3.8) is 0 Å². The average molecular weight is 288 g/mol. The zero-order valence-corrected chi connectivity index (χ0v) is 12.6. The first-order valence-corrected chi connectivity index (χ1v) is 7.92. The van der Waals surface area contributed by atoms with Gasteiger partial charge in [-0.05, 0) is 42.9 Å². The second-order valence-electron chi connectivity index (χ2n) is 6.47. The van der Waals surface area contributed by atoms with Gasteiger partial charge in [0.25, 0.3) is 0 Å². The number of nitrogens with zero attached hydrogens (tertiary/aromatic N) is 1. The van der Waals surface area contributed by atoms with Gasteiger partial charge >= 0.3 is 0 Å². The van der Waals surface area contributed by atoms with Crippen molar-refractivity contribution < 1.29 is 9.90 Å². The van der Waals surface area contributed by atoms with Crippen molar-refractivity contribution in [1.82, 2.24) is 10.2 Å². The second-order valence-corrected chi connectivity index (χ2v) is 6.47. The standard InChI is InChI=1S/C17H24N2O2/c1-19(11-12-5-4-7-14(20)9-12)17(21)16-10-13-6-2-3-8-15(13)18-16/h4-5,7,9,13,15-16,18,20H,2-3,6,8,10-11H2,1H3. The van der Waals surface area contributed by atoms with Crippen LogP contribution in [-0.4, -0.2) is 35.0 Å². The Balaban J connectivity index is 1.60. The predicted molar refractivity (Wildman–Crippen MR) is 81.9 cm³/mol. The van der Waals surface area contributed by atoms with E-state index in [9.17, 15) is 9.90 Å². The first-order chi connectivity index (χ1) is 10.1. The number of benzene rings is 1. The van der Waals surface area contributed by atoms with E-state index in [-0.39, 0.29) is 17.7 Å². The molecule has 2 fully saturated rings. The number of aromatic hydroxyl groups is 1. The van der Waals surface area contributed by atoms with Gasteiger partial charge in [0.1, 0.15) is 5.75 Å². The molecule has 1 aromatic carbocycles. The third-order valence-corrected chi connectivity index (χ3v) is 4.87. The summed E-state index contributed by atoms with van der Waals surface area (Å²) < 4.78 is 0. The molecule has 2 N–H and O–H groups in total. The van der Waals surface area contributed by atoms with Gasteiger partial charge in [-0.15, -0.1) is 0 Å². The van der Waals surface area contributed by atoms with Crippen LogP contribution in [0.25, 0.3) is 0 Å². The summed E-state index contributed by atoms with van der Waals surface area (Å²) in [4.78, 5) is 14.3. The zero-order valence-electron chi connectivity index (χ0n) is 12.6. The predicted octanol–water partition coefficient (Wildman–Crippen LogP) is 2.27. The second kappa shape index (κ2) is 6.06. The molecule has 3 rings (SSSR count). The number of hydrogen-bond donors (Lipinski definition) is 2. The van der Waals surface area contributed by atoms with Crippen LogP contribution in [0.5, 0.6) is 5.75 Å². The fraction of sp³-hybridized carbons (Fsp3) is 0.588. The van der Waals surface area contributed by atoms with Crippen molar-refractivity contribution in [2.24, 2.45) is 5.92 Å². The lowest BCUT2D eigenvalue weighted by atomic mass is 9.85. The van der Waals surface area contributed by atoms with E-state index in [1.807, 2.05) is 19.2 Å². The van der Waals surface area contributed by atoms with E-state index in [4.69, 9.17) is 0 Å². The molecule has 4 heteroatoms. The van der Waals surface area contributed by atoms with E-state index in [0.29, 0.717) is 18.5 Å². The van der Waals surface area contributed by atoms with Crippen molar-refractivity contribution in [2.45, 2.75) is 50.7 Å². The van der Waals surface area contributed by atoms with Gasteiger partial charge in [0, 0.05) is 19.6 Å². The van der Waals surface area contributed by atoms with Crippen LogP contribution >= 0.6 is 0 Å². The van der Waals surface area contributed by atoms with E-state index < -0.39 is 0 Å². The van der Waals surface area contributed by atoms with Crippen molar-refractivity contribution in [1.29, 1.82) is 0 Å². The van der Waals surface area contributed by atoms with Crippen molar-refractivity contribution in [3.8, 4) is 5.75 Å². The van der Waals surface area contributed by atoms with Crippen molar-refractivity contribution in [2.75, 3.05) is 7.05 Å². The Kier molecular flexibility index (Phi) is 4.15. The molecule has 3 unspecified atom stereocenters. The molecule has 114 valence electrons. The van der Waals surface area contributed by atoms with Crippen LogP contribution in [0.3, 0.4) is 0 Å². The molecule has 3 atom stereocenters. The summed E-state index contributed by atoms with van der Waals surface area (Å²) in [5.74, 6) is 1.10. The van der Waals surface area contributed by atoms with Gasteiger partial charge in [-0.1, -0.05) is 25.0 Å². The highest BCUT2D eigenvalue weighted by Gasteiger charge is 2.39. The number of amides is 1. The third-order valence-electron chi connectivity index (χ3n) is 4.87. The maximum Gasteiger partial charge on any atom is 0.239 e. The fourth-order valence-electron chi connectivity index (χ4n) is 3.78. The lowest BCUT2D eigenvalue weighted by Crippen LogP contribution is -2.43. The first kappa shape index (κ1) is 14.4. The molecule has 2 aliphatic rings. The van der Waals surface area contributed by atoms with Crippen LogP contribution in [0.15, 0.2) is 24.3 Å². The van der Waals surface area contributed by atoms with E-state index >= 15 is 0 Å². The highest BCUT2D eigenvalue weighted by Crippen LogP contribution is 2.33. The summed E-state index contributed by atoms with van der Waals surface area (Å²) in [5.41, 5.74) is 0.960. The minimum absolute atomic E-state index is 0.0274. The van der Waals surface area contributed by atoms with E-state index in [0.717, 1.165) is 12.0 Å². The molecule has 1 saturated carbocycles. The van der Waals surface area contributed by atoms with Gasteiger partial charge in [0.2, 0.25) is 5.91 Å². The number of hydrogen-bond acceptors (Lipinski definition) is 3. The van der Waals surface area contributed by atoms with Gasteiger partial charge in [-0.3, -0.25) is 4.79 Å². The summed E-state index contributed by atoms with van der Waals surface area (Å²) in [6.07, 6.45) is 6.05. The Morgan fingerprint density at radius 3 is 2.95 bits per heavy atom. The molecule has 1 aliphatic heterocycles. The van der Waals surface area contributed by atoms with Crippen molar-refractivity contribution >= 4 is 5.91 Å². The van der Waals surface area contributed by atoms with Crippen LogP contribution in [0, 0.1) is 5.92 Å². The summed E-state index contributed by atoms with van der Waals surface area (Å²) in [7, 11) is 1.84. The summed E-state index contributed by atoms with van der Waals surface area (Å²) in [5, 5.41) is 13.0. The third kappa shape index (κ3) is 3.21. The molecule has 0 aromatic heterocycles. The smallest absolute Gasteiger partial charge is 0.239 e. The molecule has 1 saturated heterocycles. The highest BCUT2D eigenvalue weighted by atomic mass is 16.3. The molecular weight excluding hydrogens is 264 g/mol. The normalized spacial score (nSPS) is 28.1. The lowest BCUT2D eigenvalue weighted by molar-refractivity contribution is -0.132. The Morgan fingerprint density at radius 1 is 1.38 bits per heavy atom. The Labute approximate surface area is 126 Å². The quantitative estimate of drug-likeness (QED) is 0.897. The van der Waals surface area contributed by atoms with Crippen molar-refractivity contribution in [3.05, 3.63) is 29.8 Å². The lowest BCUT2D eigenvalue weighted by Gasteiger charge is -2.24. The van der Waals surface area contributed by atoms with E-state index in [2.05, 4.69) is 5.32 Å². The summed E-state index contributed by atoms with van der Waals surface area (Å²) in [6, 6.07) is 7.62. The molecular formula is C17H24N2O2. The van der Waals surface area contributed by atoms with E-state index in [1.54, 1.807) is 17.0 Å². The van der Waals surface area contributed by atoms with Crippen LogP contribution in [-0.2, 0) is 11.3 Å². The molecule has 4 nitrogen and oxygen atoms in total. The largest absolute Gasteiger partial charge is 0.508 e. The topological polar surface area (TPSA) is 52.6 Å². The maximum atomic E-state index is 12.6. The zero-order chi connectivity index (χ0) is 14.8. The van der Waals surface area contributed by atoms with Crippen LogP contribution in [0.1, 0.15) is 37.7 Å². The number of rotatable bonds is 3. The van der Waals surface area contributed by atoms with E-state index in [1.165, 1.54) is 25.7 Å². The van der Waals surface area contributed by atoms with Gasteiger partial charge in [-0.25, -0.2) is 0 Å². The number of phenolic OH excluding ortho intramolecular Hbond substituents is 1. The van der Waals surface area contributed by atoms with Gasteiger partial charge < -0.3 is 15.3 Å². The number of carbonyl (C=O) groups excluding carboxylic acids is 1. The Morgan fingerprint density at radius 2 is 2.19 bits per heavy atom. The minimum Gasteiger partial charge on any atom is -0.508 e. The number of nitrogens with one attached hydrogen (secondary N) is 1. The molecule has 1 heterocycles. The monoisotopic (exact) mass is 288 g/mol. The number of carbonyl (C=O) groups is 1. The molecule has 0 spiro atoms. The number of fused-ring (bicyclic) bond motifs is 1. The Bertz CT molecular complexity index is 503. The minimum atomic E-state index is -0.0274. The maximum absolute atomic E-state index is 12.6. The molecule has 1 aliphatic carbocycles. The molecule has 1 aromatic rings.